The molecule has 0 aromatic rings. The molecule has 1 saturated heterocycles. The van der Waals surface area contributed by atoms with Gasteiger partial charge in [0.1, 0.15) is 0 Å². The van der Waals surface area contributed by atoms with Crippen LogP contribution in [0.1, 0.15) is 13.3 Å². The van der Waals surface area contributed by atoms with Gasteiger partial charge in [0.15, 0.2) is 0 Å². The van der Waals surface area contributed by atoms with Crippen molar-refractivity contribution < 1.29 is 4.74 Å². The van der Waals surface area contributed by atoms with Crippen LogP contribution < -0.4 is 5.32 Å². The fraction of sp³-hybridized carbons (Fsp3) is 0.900. The zero-order chi connectivity index (χ0) is 10.2. The molecule has 4 nitrogen and oxygen atoms in total. The third-order valence-corrected chi connectivity index (χ3v) is 2.40. The molecule has 0 aromatic carbocycles. The number of nitriles is 1. The molecule has 1 rings (SSSR count). The Morgan fingerprint density at radius 2 is 2.21 bits per heavy atom. The molecule has 1 aliphatic heterocycles. The van der Waals surface area contributed by atoms with Gasteiger partial charge in [0.05, 0.1) is 25.3 Å². The van der Waals surface area contributed by atoms with E-state index in [4.69, 9.17) is 10.00 Å². The molecular formula is C10H19N3O. The van der Waals surface area contributed by atoms with E-state index in [-0.39, 0.29) is 6.04 Å². The first-order chi connectivity index (χ1) is 6.83. The zero-order valence-corrected chi connectivity index (χ0v) is 8.83. The van der Waals surface area contributed by atoms with Crippen LogP contribution in [0.25, 0.3) is 0 Å². The lowest BCUT2D eigenvalue weighted by molar-refractivity contribution is 0.0374. The van der Waals surface area contributed by atoms with Crippen LogP contribution in [-0.2, 0) is 4.74 Å². The van der Waals surface area contributed by atoms with Gasteiger partial charge in [-0.1, -0.05) is 0 Å². The largest absolute Gasteiger partial charge is 0.379 e. The van der Waals surface area contributed by atoms with E-state index in [1.165, 1.54) is 0 Å². The molecule has 0 amide bonds. The number of nitrogens with zero attached hydrogens (tertiary/aromatic N) is 2. The summed E-state index contributed by atoms with van der Waals surface area (Å²) in [5, 5.41) is 11.7. The maximum Gasteiger partial charge on any atom is 0.0924 e. The summed E-state index contributed by atoms with van der Waals surface area (Å²) in [6.45, 7) is 7.74. The van der Waals surface area contributed by atoms with E-state index in [1.807, 2.05) is 6.92 Å². The summed E-state index contributed by atoms with van der Waals surface area (Å²) in [4.78, 5) is 2.40. The number of hydrogen-bond donors (Lipinski definition) is 1. The zero-order valence-electron chi connectivity index (χ0n) is 8.83. The molecule has 0 aliphatic carbocycles. The average Bonchev–Trinajstić information content (AvgIpc) is 2.25. The quantitative estimate of drug-likeness (QED) is 0.640. The Morgan fingerprint density at radius 1 is 1.50 bits per heavy atom. The lowest BCUT2D eigenvalue weighted by atomic mass is 10.3. The third kappa shape index (κ3) is 4.56. The highest BCUT2D eigenvalue weighted by Gasteiger charge is 2.09. The Morgan fingerprint density at radius 3 is 2.86 bits per heavy atom. The fourth-order valence-electron chi connectivity index (χ4n) is 1.49. The Hall–Kier alpha value is -0.630. The second-order valence-electron chi connectivity index (χ2n) is 3.61. The van der Waals surface area contributed by atoms with Gasteiger partial charge in [0.2, 0.25) is 0 Å². The number of ether oxygens (including phenoxy) is 1. The van der Waals surface area contributed by atoms with Crippen LogP contribution in [0.2, 0.25) is 0 Å². The molecule has 0 saturated carbocycles. The van der Waals surface area contributed by atoms with Crippen LogP contribution in [0, 0.1) is 11.3 Å². The van der Waals surface area contributed by atoms with Crippen LogP contribution >= 0.6 is 0 Å². The van der Waals surface area contributed by atoms with Crippen molar-refractivity contribution in [1.29, 1.82) is 5.26 Å². The van der Waals surface area contributed by atoms with E-state index >= 15 is 0 Å². The minimum absolute atomic E-state index is 0.0281. The predicted molar refractivity (Wildman–Crippen MR) is 55.0 cm³/mol. The molecule has 1 N–H and O–H groups in total. The molecule has 1 atom stereocenters. The molecule has 14 heavy (non-hydrogen) atoms. The van der Waals surface area contributed by atoms with Crippen molar-refractivity contribution in [3.63, 3.8) is 0 Å². The smallest absolute Gasteiger partial charge is 0.0924 e. The number of hydrogen-bond acceptors (Lipinski definition) is 4. The summed E-state index contributed by atoms with van der Waals surface area (Å²) in [5.41, 5.74) is 0. The van der Waals surface area contributed by atoms with Crippen molar-refractivity contribution in [2.24, 2.45) is 0 Å². The van der Waals surface area contributed by atoms with E-state index in [0.29, 0.717) is 0 Å². The van der Waals surface area contributed by atoms with Crippen molar-refractivity contribution in [1.82, 2.24) is 10.2 Å². The summed E-state index contributed by atoms with van der Waals surface area (Å²) in [7, 11) is 0. The highest BCUT2D eigenvalue weighted by Crippen LogP contribution is 1.97. The topological polar surface area (TPSA) is 48.3 Å². The first-order valence-electron chi connectivity index (χ1n) is 5.26. The van der Waals surface area contributed by atoms with E-state index < -0.39 is 0 Å². The van der Waals surface area contributed by atoms with Gasteiger partial charge in [0.25, 0.3) is 0 Å². The standard InChI is InChI=1S/C10H19N3O/c1-10(9-11)12-3-2-4-13-5-7-14-8-6-13/h10,12H,2-8H2,1H3. The number of nitrogens with one attached hydrogen (secondary N) is 1. The van der Waals surface area contributed by atoms with Gasteiger partial charge < -0.3 is 10.1 Å². The Kier molecular flexibility index (Phi) is 5.53. The Bertz CT molecular complexity index is 184. The van der Waals surface area contributed by atoms with E-state index in [2.05, 4.69) is 16.3 Å². The number of rotatable bonds is 5. The minimum Gasteiger partial charge on any atom is -0.379 e. The highest BCUT2D eigenvalue weighted by atomic mass is 16.5. The average molecular weight is 197 g/mol. The van der Waals surface area contributed by atoms with Crippen molar-refractivity contribution in [3.8, 4) is 6.07 Å². The van der Waals surface area contributed by atoms with Crippen LogP contribution in [0.5, 0.6) is 0 Å². The molecule has 0 radical (unpaired) electrons. The molecule has 0 aromatic heterocycles. The van der Waals surface area contributed by atoms with Gasteiger partial charge in [0, 0.05) is 13.1 Å². The molecule has 0 spiro atoms. The van der Waals surface area contributed by atoms with Crippen LogP contribution in [0.15, 0.2) is 0 Å². The van der Waals surface area contributed by atoms with Crippen molar-refractivity contribution in [2.45, 2.75) is 19.4 Å². The van der Waals surface area contributed by atoms with Gasteiger partial charge >= 0.3 is 0 Å². The van der Waals surface area contributed by atoms with Crippen LogP contribution in [-0.4, -0.2) is 50.3 Å². The van der Waals surface area contributed by atoms with Crippen LogP contribution in [0.4, 0.5) is 0 Å². The SMILES string of the molecule is CC(C#N)NCCCN1CCOCC1. The fourth-order valence-corrected chi connectivity index (χ4v) is 1.49. The van der Waals surface area contributed by atoms with Gasteiger partial charge in [-0.25, -0.2) is 0 Å². The molecule has 1 heterocycles. The lowest BCUT2D eigenvalue weighted by Crippen LogP contribution is -2.38. The van der Waals surface area contributed by atoms with E-state index in [9.17, 15) is 0 Å². The van der Waals surface area contributed by atoms with Crippen molar-refractivity contribution in [2.75, 3.05) is 39.4 Å². The summed E-state index contributed by atoms with van der Waals surface area (Å²) in [6, 6.07) is 2.13. The highest BCUT2D eigenvalue weighted by molar-refractivity contribution is 4.84. The normalized spacial score (nSPS) is 20.3. The summed E-state index contributed by atoms with van der Waals surface area (Å²) in [6.07, 6.45) is 1.10. The summed E-state index contributed by atoms with van der Waals surface area (Å²) < 4.78 is 5.26. The van der Waals surface area contributed by atoms with Crippen LogP contribution in [0.3, 0.4) is 0 Å². The summed E-state index contributed by atoms with van der Waals surface area (Å²) >= 11 is 0. The van der Waals surface area contributed by atoms with Gasteiger partial charge in [-0.15, -0.1) is 0 Å². The van der Waals surface area contributed by atoms with E-state index in [0.717, 1.165) is 45.8 Å². The van der Waals surface area contributed by atoms with Gasteiger partial charge in [-0.2, -0.15) is 5.26 Å². The second-order valence-corrected chi connectivity index (χ2v) is 3.61. The lowest BCUT2D eigenvalue weighted by Gasteiger charge is -2.26. The van der Waals surface area contributed by atoms with Gasteiger partial charge in [-0.05, 0) is 26.4 Å². The summed E-state index contributed by atoms with van der Waals surface area (Å²) in [5.74, 6) is 0. The monoisotopic (exact) mass is 197 g/mol. The van der Waals surface area contributed by atoms with Crippen molar-refractivity contribution >= 4 is 0 Å². The van der Waals surface area contributed by atoms with E-state index in [1.54, 1.807) is 0 Å². The predicted octanol–water partition coefficient (Wildman–Crippen LogP) is 0.210. The minimum atomic E-state index is -0.0281. The number of morpholine rings is 1. The first-order valence-corrected chi connectivity index (χ1v) is 5.26. The maximum absolute atomic E-state index is 8.54. The molecule has 1 aliphatic rings. The molecule has 1 fully saturated rings. The van der Waals surface area contributed by atoms with Crippen molar-refractivity contribution in [3.05, 3.63) is 0 Å². The first kappa shape index (κ1) is 11.4. The molecule has 4 heteroatoms. The molecular weight excluding hydrogens is 178 g/mol. The van der Waals surface area contributed by atoms with Gasteiger partial charge in [-0.3, -0.25) is 4.90 Å². The maximum atomic E-state index is 8.54. The third-order valence-electron chi connectivity index (χ3n) is 2.40. The molecule has 0 bridgehead atoms. The second kappa shape index (κ2) is 6.77. The Balaban J connectivity index is 1.95. The molecule has 1 unspecified atom stereocenters. The molecule has 80 valence electrons. The Labute approximate surface area is 85.8 Å².